The largest absolute Gasteiger partial charge is 0.496 e. The lowest BCUT2D eigenvalue weighted by atomic mass is 10.0. The molecule has 1 N–H and O–H groups in total. The van der Waals surface area contributed by atoms with Crippen LogP contribution in [0.5, 0.6) is 5.75 Å². The van der Waals surface area contributed by atoms with Gasteiger partial charge in [-0.3, -0.25) is 4.79 Å². The van der Waals surface area contributed by atoms with Crippen molar-refractivity contribution in [3.8, 4) is 5.75 Å². The highest BCUT2D eigenvalue weighted by molar-refractivity contribution is 5.67. The molecule has 0 fully saturated rings. The van der Waals surface area contributed by atoms with Crippen LogP contribution < -0.4 is 4.74 Å². The quantitative estimate of drug-likeness (QED) is 0.891. The molecule has 1 aromatic rings. The first kappa shape index (κ1) is 13.3. The number of hydrogen-bond acceptors (Lipinski definition) is 2. The number of aliphatic carboxylic acids is 1. The van der Waals surface area contributed by atoms with Gasteiger partial charge < -0.3 is 9.84 Å². The van der Waals surface area contributed by atoms with Gasteiger partial charge in [0.25, 0.3) is 0 Å². The van der Waals surface area contributed by atoms with E-state index in [-0.39, 0.29) is 24.2 Å². The minimum absolute atomic E-state index is 0.00241. The summed E-state index contributed by atoms with van der Waals surface area (Å²) in [4.78, 5) is 10.4. The predicted octanol–water partition coefficient (Wildman–Crippen LogP) is 2.73. The maximum Gasteiger partial charge on any atom is 0.419 e. The molecule has 1 aromatic carbocycles. The van der Waals surface area contributed by atoms with Crippen LogP contribution in [-0.4, -0.2) is 18.2 Å². The summed E-state index contributed by atoms with van der Waals surface area (Å²) in [5.41, 5.74) is -0.646. The van der Waals surface area contributed by atoms with Gasteiger partial charge >= 0.3 is 12.1 Å². The van der Waals surface area contributed by atoms with Crippen molar-refractivity contribution in [3.63, 3.8) is 0 Å². The number of ether oxygens (including phenoxy) is 1. The van der Waals surface area contributed by atoms with E-state index < -0.39 is 17.7 Å². The van der Waals surface area contributed by atoms with Gasteiger partial charge in [0, 0.05) is 6.42 Å². The van der Waals surface area contributed by atoms with E-state index in [0.717, 1.165) is 13.2 Å². The average Bonchev–Trinajstić information content (AvgIpc) is 2.24. The van der Waals surface area contributed by atoms with Gasteiger partial charge in [-0.1, -0.05) is 12.1 Å². The second kappa shape index (κ2) is 5.07. The van der Waals surface area contributed by atoms with Crippen LogP contribution >= 0.6 is 0 Å². The molecule has 3 nitrogen and oxygen atoms in total. The first-order valence-electron chi connectivity index (χ1n) is 4.81. The van der Waals surface area contributed by atoms with Crippen LogP contribution in [0.1, 0.15) is 17.5 Å². The third-order valence-electron chi connectivity index (χ3n) is 2.21. The number of para-hydroxylation sites is 1. The summed E-state index contributed by atoms with van der Waals surface area (Å²) in [6, 6.07) is 3.57. The number of rotatable bonds is 4. The van der Waals surface area contributed by atoms with Gasteiger partial charge in [-0.25, -0.2) is 0 Å². The van der Waals surface area contributed by atoms with Crippen LogP contribution in [0.2, 0.25) is 0 Å². The van der Waals surface area contributed by atoms with E-state index in [1.807, 2.05) is 0 Å². The van der Waals surface area contributed by atoms with Crippen LogP contribution in [0.25, 0.3) is 0 Å². The third kappa shape index (κ3) is 3.37. The lowest BCUT2D eigenvalue weighted by Gasteiger charge is -2.15. The van der Waals surface area contributed by atoms with E-state index in [1.165, 1.54) is 12.1 Å². The van der Waals surface area contributed by atoms with Crippen molar-refractivity contribution in [2.45, 2.75) is 19.0 Å². The number of hydrogen-bond donors (Lipinski definition) is 1. The first-order valence-corrected chi connectivity index (χ1v) is 4.81. The molecule has 0 aliphatic carbocycles. The number of aryl methyl sites for hydroxylation is 1. The van der Waals surface area contributed by atoms with Crippen molar-refractivity contribution in [1.82, 2.24) is 0 Å². The second-order valence-corrected chi connectivity index (χ2v) is 3.39. The number of alkyl halides is 3. The number of carboxylic acid groups (broad SMARTS) is 1. The van der Waals surface area contributed by atoms with Gasteiger partial charge in [0.15, 0.2) is 0 Å². The van der Waals surface area contributed by atoms with Gasteiger partial charge in [0.2, 0.25) is 0 Å². The summed E-state index contributed by atoms with van der Waals surface area (Å²) in [6.07, 6.45) is -4.75. The van der Waals surface area contributed by atoms with Crippen LogP contribution in [-0.2, 0) is 17.4 Å². The minimum Gasteiger partial charge on any atom is -0.496 e. The molecule has 94 valence electrons. The average molecular weight is 248 g/mol. The Morgan fingerprint density at radius 1 is 1.41 bits per heavy atom. The number of benzene rings is 1. The number of methoxy groups -OCH3 is 1. The number of halogens is 3. The molecule has 0 unspecified atom stereocenters. The summed E-state index contributed by atoms with van der Waals surface area (Å²) in [5, 5.41) is 8.50. The van der Waals surface area contributed by atoms with Crippen molar-refractivity contribution in [3.05, 3.63) is 29.3 Å². The molecule has 0 amide bonds. The predicted molar refractivity (Wildman–Crippen MR) is 54.0 cm³/mol. The molecule has 0 aliphatic heterocycles. The monoisotopic (exact) mass is 248 g/mol. The van der Waals surface area contributed by atoms with Crippen molar-refractivity contribution in [2.24, 2.45) is 0 Å². The van der Waals surface area contributed by atoms with Crippen molar-refractivity contribution >= 4 is 5.97 Å². The first-order chi connectivity index (χ1) is 7.86. The molecule has 0 bridgehead atoms. The lowest BCUT2D eigenvalue weighted by Crippen LogP contribution is -2.09. The molecular weight excluding hydrogens is 237 g/mol. The zero-order chi connectivity index (χ0) is 13.1. The smallest absolute Gasteiger partial charge is 0.419 e. The zero-order valence-electron chi connectivity index (χ0n) is 9.04. The molecule has 17 heavy (non-hydrogen) atoms. The molecule has 6 heteroatoms. The van der Waals surface area contributed by atoms with Crippen molar-refractivity contribution < 1.29 is 27.8 Å². The van der Waals surface area contributed by atoms with Crippen molar-refractivity contribution in [2.75, 3.05) is 7.11 Å². The molecule has 0 aliphatic rings. The summed E-state index contributed by atoms with van der Waals surface area (Å²) in [5.74, 6) is -1.37. The van der Waals surface area contributed by atoms with E-state index in [1.54, 1.807) is 0 Å². The molecule has 0 radical (unpaired) electrons. The molecule has 1 rings (SSSR count). The Labute approximate surface area is 95.8 Å². The van der Waals surface area contributed by atoms with Gasteiger partial charge in [-0.05, 0) is 18.1 Å². The SMILES string of the molecule is COc1c(CCC(=O)O)cccc1C(F)(F)F. The fraction of sp³-hybridized carbons (Fsp3) is 0.364. The number of carboxylic acids is 1. The fourth-order valence-electron chi connectivity index (χ4n) is 1.49. The second-order valence-electron chi connectivity index (χ2n) is 3.39. The summed E-state index contributed by atoms with van der Waals surface area (Å²) in [6.45, 7) is 0. The van der Waals surface area contributed by atoms with E-state index in [2.05, 4.69) is 0 Å². The van der Waals surface area contributed by atoms with Gasteiger partial charge in [-0.15, -0.1) is 0 Å². The molecule has 0 saturated carbocycles. The Balaban J connectivity index is 3.10. The van der Waals surface area contributed by atoms with E-state index in [9.17, 15) is 18.0 Å². The Hall–Kier alpha value is -1.72. The minimum atomic E-state index is -4.51. The zero-order valence-corrected chi connectivity index (χ0v) is 9.04. The molecule has 0 atom stereocenters. The fourth-order valence-corrected chi connectivity index (χ4v) is 1.49. The number of carbonyl (C=O) groups is 1. The molecule has 0 saturated heterocycles. The standard InChI is InChI=1S/C11H11F3O3/c1-17-10-7(5-6-9(15)16)3-2-4-8(10)11(12,13)14/h2-4H,5-6H2,1H3,(H,15,16). The normalized spacial score (nSPS) is 11.3. The van der Waals surface area contributed by atoms with Gasteiger partial charge in [0.05, 0.1) is 12.7 Å². The summed E-state index contributed by atoms with van der Waals surface area (Å²) in [7, 11) is 1.13. The van der Waals surface area contributed by atoms with Crippen molar-refractivity contribution in [1.29, 1.82) is 0 Å². The van der Waals surface area contributed by atoms with Gasteiger partial charge in [0.1, 0.15) is 5.75 Å². The highest BCUT2D eigenvalue weighted by atomic mass is 19.4. The molecule has 0 heterocycles. The van der Waals surface area contributed by atoms with E-state index in [4.69, 9.17) is 9.84 Å². The Bertz CT molecular complexity index is 413. The lowest BCUT2D eigenvalue weighted by molar-refractivity contribution is -0.138. The van der Waals surface area contributed by atoms with E-state index in [0.29, 0.717) is 0 Å². The van der Waals surface area contributed by atoms with Crippen LogP contribution in [0.15, 0.2) is 18.2 Å². The topological polar surface area (TPSA) is 46.5 Å². The van der Waals surface area contributed by atoms with Gasteiger partial charge in [-0.2, -0.15) is 13.2 Å². The maximum atomic E-state index is 12.6. The molecule has 0 aromatic heterocycles. The summed E-state index contributed by atoms with van der Waals surface area (Å²) < 4.78 is 42.6. The van der Waals surface area contributed by atoms with Crippen LogP contribution in [0, 0.1) is 0 Å². The summed E-state index contributed by atoms with van der Waals surface area (Å²) >= 11 is 0. The Morgan fingerprint density at radius 2 is 2.06 bits per heavy atom. The Morgan fingerprint density at radius 3 is 2.53 bits per heavy atom. The van der Waals surface area contributed by atoms with E-state index >= 15 is 0 Å². The molecule has 0 spiro atoms. The highest BCUT2D eigenvalue weighted by Crippen LogP contribution is 2.38. The maximum absolute atomic E-state index is 12.6. The Kier molecular flexibility index (Phi) is 3.98. The van der Waals surface area contributed by atoms with Crippen LogP contribution in [0.4, 0.5) is 13.2 Å². The third-order valence-corrected chi connectivity index (χ3v) is 2.21. The highest BCUT2D eigenvalue weighted by Gasteiger charge is 2.35. The van der Waals surface area contributed by atoms with Crippen LogP contribution in [0.3, 0.4) is 0 Å². The molecular formula is C11H11F3O3.